The van der Waals surface area contributed by atoms with Crippen molar-refractivity contribution in [2.75, 3.05) is 13.6 Å². The van der Waals surface area contributed by atoms with Gasteiger partial charge in [-0.25, -0.2) is 0 Å². The Labute approximate surface area is 131 Å². The van der Waals surface area contributed by atoms with Gasteiger partial charge in [0.1, 0.15) is 0 Å². The summed E-state index contributed by atoms with van der Waals surface area (Å²) in [7, 11) is 1.89. The molecule has 1 saturated carbocycles. The maximum absolute atomic E-state index is 12.7. The van der Waals surface area contributed by atoms with Crippen LogP contribution in [-0.4, -0.2) is 35.6 Å². The summed E-state index contributed by atoms with van der Waals surface area (Å²) in [5, 5.41) is 12.1. The minimum Gasteiger partial charge on any atom is -0.393 e. The van der Waals surface area contributed by atoms with Crippen LogP contribution in [0.25, 0.3) is 0 Å². The summed E-state index contributed by atoms with van der Waals surface area (Å²) < 4.78 is 0. The predicted octanol–water partition coefficient (Wildman–Crippen LogP) is 3.25. The zero-order chi connectivity index (χ0) is 14.8. The highest BCUT2D eigenvalue weighted by molar-refractivity contribution is 7.10. The Bertz CT molecular complexity index is 511. The Morgan fingerprint density at radius 2 is 2.05 bits per heavy atom. The Hall–Kier alpha value is -0.870. The molecule has 2 atom stereocenters. The smallest absolute Gasteiger partial charge is 0.254 e. The average Bonchev–Trinajstić information content (AvgIpc) is 2.92. The minimum absolute atomic E-state index is 0.146. The van der Waals surface area contributed by atoms with Crippen LogP contribution >= 0.6 is 11.3 Å². The standard InChI is InChI=1S/C17H25NO2S/c1-18(10-12-6-2-4-8-15(12)19)17(20)14-11-21-16-9-5-3-7-13(14)16/h11-12,15,19H,2-10H2,1H3. The SMILES string of the molecule is CN(CC1CCCCC1O)C(=O)c1csc2c1CCCC2. The van der Waals surface area contributed by atoms with Gasteiger partial charge in [-0.1, -0.05) is 12.8 Å². The lowest BCUT2D eigenvalue weighted by Crippen LogP contribution is -2.38. The van der Waals surface area contributed by atoms with Crippen molar-refractivity contribution >= 4 is 17.2 Å². The molecule has 0 spiro atoms. The molecule has 3 nitrogen and oxygen atoms in total. The van der Waals surface area contributed by atoms with Gasteiger partial charge in [-0.3, -0.25) is 4.79 Å². The summed E-state index contributed by atoms with van der Waals surface area (Å²) in [6.45, 7) is 0.685. The summed E-state index contributed by atoms with van der Waals surface area (Å²) in [5.41, 5.74) is 2.22. The molecule has 3 rings (SSSR count). The van der Waals surface area contributed by atoms with Gasteiger partial charge in [-0.2, -0.15) is 0 Å². The highest BCUT2D eigenvalue weighted by Crippen LogP contribution is 2.31. The van der Waals surface area contributed by atoms with Crippen molar-refractivity contribution < 1.29 is 9.90 Å². The fourth-order valence-electron chi connectivity index (χ4n) is 3.71. The summed E-state index contributed by atoms with van der Waals surface area (Å²) >= 11 is 1.75. The third-order valence-corrected chi connectivity index (χ3v) is 6.10. The first-order valence-electron chi connectivity index (χ1n) is 8.19. The lowest BCUT2D eigenvalue weighted by molar-refractivity contribution is 0.0451. The van der Waals surface area contributed by atoms with Crippen LogP contribution in [0.2, 0.25) is 0 Å². The largest absolute Gasteiger partial charge is 0.393 e. The molecule has 1 aromatic rings. The van der Waals surface area contributed by atoms with Gasteiger partial charge in [-0.15, -0.1) is 11.3 Å². The molecule has 0 aromatic carbocycles. The van der Waals surface area contributed by atoms with Crippen LogP contribution in [0.3, 0.4) is 0 Å². The molecule has 116 valence electrons. The van der Waals surface area contributed by atoms with Gasteiger partial charge >= 0.3 is 0 Å². The molecule has 1 aromatic heterocycles. The van der Waals surface area contributed by atoms with Crippen molar-refractivity contribution in [2.24, 2.45) is 5.92 Å². The lowest BCUT2D eigenvalue weighted by atomic mass is 9.86. The predicted molar refractivity (Wildman–Crippen MR) is 85.9 cm³/mol. The van der Waals surface area contributed by atoms with Crippen LogP contribution in [0.15, 0.2) is 5.38 Å². The number of aliphatic hydroxyl groups is 1. The van der Waals surface area contributed by atoms with E-state index in [1.165, 1.54) is 29.7 Å². The number of carbonyl (C=O) groups excluding carboxylic acids is 1. The summed E-state index contributed by atoms with van der Waals surface area (Å²) in [4.78, 5) is 16.0. The van der Waals surface area contributed by atoms with Crippen molar-refractivity contribution in [3.8, 4) is 0 Å². The number of rotatable bonds is 3. The van der Waals surface area contributed by atoms with E-state index in [4.69, 9.17) is 0 Å². The van der Waals surface area contributed by atoms with Crippen molar-refractivity contribution in [1.29, 1.82) is 0 Å². The second kappa shape index (κ2) is 6.49. The van der Waals surface area contributed by atoms with Crippen LogP contribution in [0.1, 0.15) is 59.3 Å². The van der Waals surface area contributed by atoms with Gasteiger partial charge in [0, 0.05) is 29.8 Å². The molecule has 21 heavy (non-hydrogen) atoms. The van der Waals surface area contributed by atoms with Crippen molar-refractivity contribution in [1.82, 2.24) is 4.90 Å². The zero-order valence-corrected chi connectivity index (χ0v) is 13.6. The molecule has 0 bridgehead atoms. The van der Waals surface area contributed by atoms with E-state index in [2.05, 4.69) is 0 Å². The molecular weight excluding hydrogens is 282 g/mol. The zero-order valence-electron chi connectivity index (χ0n) is 12.8. The van der Waals surface area contributed by atoms with Gasteiger partial charge in [0.05, 0.1) is 11.7 Å². The quantitative estimate of drug-likeness (QED) is 0.931. The Balaban J connectivity index is 1.68. The van der Waals surface area contributed by atoms with E-state index < -0.39 is 0 Å². The van der Waals surface area contributed by atoms with Crippen LogP contribution in [0, 0.1) is 5.92 Å². The van der Waals surface area contributed by atoms with E-state index in [-0.39, 0.29) is 17.9 Å². The topological polar surface area (TPSA) is 40.5 Å². The molecule has 1 heterocycles. The van der Waals surface area contributed by atoms with Crippen molar-refractivity contribution in [2.45, 2.75) is 57.5 Å². The van der Waals surface area contributed by atoms with Gasteiger partial charge in [-0.05, 0) is 44.1 Å². The van der Waals surface area contributed by atoms with Gasteiger partial charge in [0.2, 0.25) is 0 Å². The first-order chi connectivity index (χ1) is 10.2. The summed E-state index contributed by atoms with van der Waals surface area (Å²) in [5.74, 6) is 0.398. The van der Waals surface area contributed by atoms with E-state index in [1.54, 1.807) is 11.3 Å². The molecule has 0 radical (unpaired) electrons. The molecule has 2 unspecified atom stereocenters. The first kappa shape index (κ1) is 15.0. The van der Waals surface area contributed by atoms with E-state index in [9.17, 15) is 9.90 Å². The average molecular weight is 307 g/mol. The fraction of sp³-hybridized carbons (Fsp3) is 0.706. The molecule has 2 aliphatic carbocycles. The summed E-state index contributed by atoms with van der Waals surface area (Å²) in [6, 6.07) is 0. The molecule has 1 fully saturated rings. The number of hydrogen-bond acceptors (Lipinski definition) is 3. The van der Waals surface area contributed by atoms with Crippen molar-refractivity contribution in [3.05, 3.63) is 21.4 Å². The number of aliphatic hydroxyl groups excluding tert-OH is 1. The van der Waals surface area contributed by atoms with E-state index in [1.807, 2.05) is 17.3 Å². The molecule has 0 aliphatic heterocycles. The lowest BCUT2D eigenvalue weighted by Gasteiger charge is -2.31. The van der Waals surface area contributed by atoms with Gasteiger partial charge in [0.15, 0.2) is 0 Å². The second-order valence-electron chi connectivity index (χ2n) is 6.56. The number of amides is 1. The highest BCUT2D eigenvalue weighted by Gasteiger charge is 2.28. The van der Waals surface area contributed by atoms with E-state index >= 15 is 0 Å². The molecule has 0 saturated heterocycles. The molecule has 1 amide bonds. The summed E-state index contributed by atoms with van der Waals surface area (Å²) in [6.07, 6.45) is 8.65. The van der Waals surface area contributed by atoms with Crippen LogP contribution < -0.4 is 0 Å². The van der Waals surface area contributed by atoms with E-state index in [0.717, 1.165) is 37.7 Å². The number of fused-ring (bicyclic) bond motifs is 1. The Morgan fingerprint density at radius 1 is 1.29 bits per heavy atom. The number of carbonyl (C=O) groups is 1. The van der Waals surface area contributed by atoms with Crippen LogP contribution in [0.5, 0.6) is 0 Å². The number of nitrogens with zero attached hydrogens (tertiary/aromatic N) is 1. The van der Waals surface area contributed by atoms with Gasteiger partial charge in [0.25, 0.3) is 5.91 Å². The molecule has 2 aliphatic rings. The molecule has 1 N–H and O–H groups in total. The van der Waals surface area contributed by atoms with E-state index in [0.29, 0.717) is 6.54 Å². The minimum atomic E-state index is -0.231. The maximum Gasteiger partial charge on any atom is 0.254 e. The second-order valence-corrected chi connectivity index (χ2v) is 7.52. The monoisotopic (exact) mass is 307 g/mol. The van der Waals surface area contributed by atoms with Crippen LogP contribution in [-0.2, 0) is 12.8 Å². The normalized spacial score (nSPS) is 25.4. The van der Waals surface area contributed by atoms with Crippen LogP contribution in [0.4, 0.5) is 0 Å². The third kappa shape index (κ3) is 3.16. The maximum atomic E-state index is 12.7. The highest BCUT2D eigenvalue weighted by atomic mass is 32.1. The first-order valence-corrected chi connectivity index (χ1v) is 9.07. The number of hydrogen-bond donors (Lipinski definition) is 1. The molecule has 4 heteroatoms. The number of aryl methyl sites for hydroxylation is 1. The third-order valence-electron chi connectivity index (χ3n) is 5.02. The fourth-order valence-corrected chi connectivity index (χ4v) is 4.83. The Morgan fingerprint density at radius 3 is 2.86 bits per heavy atom. The van der Waals surface area contributed by atoms with Crippen molar-refractivity contribution in [3.63, 3.8) is 0 Å². The van der Waals surface area contributed by atoms with Gasteiger partial charge < -0.3 is 10.0 Å². The molecular formula is C17H25NO2S. The number of thiophene rings is 1. The Kier molecular flexibility index (Phi) is 4.65.